The summed E-state index contributed by atoms with van der Waals surface area (Å²) in [5.41, 5.74) is 4.35. The van der Waals surface area contributed by atoms with E-state index in [4.69, 9.17) is 0 Å². The number of para-hydroxylation sites is 1. The van der Waals surface area contributed by atoms with Crippen LogP contribution in [0, 0.1) is 6.92 Å². The molecule has 0 aliphatic rings. The molecule has 0 fully saturated rings. The van der Waals surface area contributed by atoms with Crippen LogP contribution in [-0.4, -0.2) is 26.5 Å². The molecule has 7 nitrogen and oxygen atoms in total. The number of aromatic nitrogens is 2. The van der Waals surface area contributed by atoms with Crippen molar-refractivity contribution in [3.63, 3.8) is 0 Å². The average molecular weight is 400 g/mol. The predicted molar refractivity (Wildman–Crippen MR) is 116 cm³/mol. The van der Waals surface area contributed by atoms with Crippen molar-refractivity contribution in [1.29, 1.82) is 0 Å². The van der Waals surface area contributed by atoms with Crippen LogP contribution in [0.3, 0.4) is 0 Å². The van der Waals surface area contributed by atoms with E-state index in [1.807, 2.05) is 54.6 Å². The number of rotatable bonds is 4. The van der Waals surface area contributed by atoms with Crippen molar-refractivity contribution in [2.75, 3.05) is 0 Å². The number of H-pyrrole nitrogens is 1. The Kier molecular flexibility index (Phi) is 4.93. The van der Waals surface area contributed by atoms with Gasteiger partial charge in [0.05, 0.1) is 22.5 Å². The molecule has 0 saturated carbocycles. The van der Waals surface area contributed by atoms with E-state index in [9.17, 15) is 14.7 Å². The summed E-state index contributed by atoms with van der Waals surface area (Å²) in [4.78, 5) is 25.4. The molecule has 0 saturated heterocycles. The van der Waals surface area contributed by atoms with Gasteiger partial charge in [-0.15, -0.1) is 0 Å². The molecule has 150 valence electrons. The minimum atomic E-state index is -0.561. The van der Waals surface area contributed by atoms with Gasteiger partial charge in [0, 0.05) is 5.69 Å². The number of aromatic amines is 1. The number of amides is 1. The summed E-state index contributed by atoms with van der Waals surface area (Å²) in [5, 5.41) is 19.0. The number of nitrogens with zero attached hydrogens (tertiary/aromatic N) is 2. The van der Waals surface area contributed by atoms with E-state index in [1.165, 1.54) is 10.7 Å². The molecule has 0 bridgehead atoms. The Morgan fingerprint density at radius 1 is 1.03 bits per heavy atom. The largest absolute Gasteiger partial charge is 0.507 e. The molecule has 4 aromatic rings. The third-order valence-corrected chi connectivity index (χ3v) is 4.88. The summed E-state index contributed by atoms with van der Waals surface area (Å²) >= 11 is 0. The number of carbonyl (C=O) groups excluding carboxylic acids is 1. The molecule has 3 N–H and O–H groups in total. The summed E-state index contributed by atoms with van der Waals surface area (Å²) < 4.78 is 1.43. The van der Waals surface area contributed by atoms with Gasteiger partial charge in [-0.3, -0.25) is 14.7 Å². The topological polar surface area (TPSA) is 99.5 Å². The van der Waals surface area contributed by atoms with E-state index < -0.39 is 5.91 Å². The molecule has 3 aromatic carbocycles. The fourth-order valence-electron chi connectivity index (χ4n) is 3.39. The molecule has 1 aromatic heterocycles. The fourth-order valence-corrected chi connectivity index (χ4v) is 3.39. The Balaban J connectivity index is 1.62. The first-order valence-electron chi connectivity index (χ1n) is 9.39. The summed E-state index contributed by atoms with van der Waals surface area (Å²) in [6.45, 7) is 3.42. The highest BCUT2D eigenvalue weighted by Crippen LogP contribution is 2.24. The van der Waals surface area contributed by atoms with Crippen LogP contribution in [0.4, 0.5) is 0 Å². The highest BCUT2D eigenvalue weighted by molar-refractivity contribution is 6.04. The maximum absolute atomic E-state index is 12.8. The smallest absolute Gasteiger partial charge is 0.280 e. The lowest BCUT2D eigenvalue weighted by Crippen LogP contribution is -2.23. The van der Waals surface area contributed by atoms with Gasteiger partial charge >= 0.3 is 0 Å². The Morgan fingerprint density at radius 2 is 1.67 bits per heavy atom. The van der Waals surface area contributed by atoms with E-state index in [2.05, 4.69) is 15.6 Å². The predicted octanol–water partition coefficient (Wildman–Crippen LogP) is 3.49. The first kappa shape index (κ1) is 19.2. The highest BCUT2D eigenvalue weighted by atomic mass is 16.3. The van der Waals surface area contributed by atoms with Crippen LogP contribution >= 0.6 is 0 Å². The van der Waals surface area contributed by atoms with Gasteiger partial charge in [0.15, 0.2) is 0 Å². The number of nitrogens with one attached hydrogen (secondary N) is 2. The number of phenols is 1. The van der Waals surface area contributed by atoms with Crippen LogP contribution in [0.15, 0.2) is 76.6 Å². The zero-order valence-corrected chi connectivity index (χ0v) is 16.5. The lowest BCUT2D eigenvalue weighted by Gasteiger charge is -2.06. The van der Waals surface area contributed by atoms with Crippen molar-refractivity contribution >= 4 is 22.4 Å². The van der Waals surface area contributed by atoms with Gasteiger partial charge in [0.25, 0.3) is 11.5 Å². The van der Waals surface area contributed by atoms with Crippen molar-refractivity contribution < 1.29 is 9.90 Å². The quantitative estimate of drug-likeness (QED) is 0.361. The van der Waals surface area contributed by atoms with Crippen LogP contribution in [-0.2, 0) is 0 Å². The molecule has 4 rings (SSSR count). The summed E-state index contributed by atoms with van der Waals surface area (Å²) in [6.07, 6.45) is 0. The van der Waals surface area contributed by atoms with Crippen molar-refractivity contribution in [3.05, 3.63) is 93.9 Å². The molecule has 0 spiro atoms. The third kappa shape index (κ3) is 3.48. The first-order chi connectivity index (χ1) is 14.5. The molecule has 1 heterocycles. The lowest BCUT2D eigenvalue weighted by atomic mass is 10.1. The van der Waals surface area contributed by atoms with Gasteiger partial charge in [-0.05, 0) is 48.9 Å². The third-order valence-electron chi connectivity index (χ3n) is 4.88. The number of hydrogen-bond acceptors (Lipinski definition) is 4. The number of aromatic hydroxyl groups is 1. The number of benzene rings is 3. The normalized spacial score (nSPS) is 11.6. The number of hydrazone groups is 1. The van der Waals surface area contributed by atoms with Crippen LogP contribution in [0.2, 0.25) is 0 Å². The van der Waals surface area contributed by atoms with E-state index in [-0.39, 0.29) is 16.9 Å². The van der Waals surface area contributed by atoms with Crippen LogP contribution < -0.4 is 11.0 Å². The van der Waals surface area contributed by atoms with Crippen molar-refractivity contribution in [1.82, 2.24) is 15.2 Å². The number of aryl methyl sites for hydroxylation is 1. The summed E-state index contributed by atoms with van der Waals surface area (Å²) in [7, 11) is 0. The van der Waals surface area contributed by atoms with Gasteiger partial charge in [-0.2, -0.15) is 5.10 Å². The molecule has 1 amide bonds. The van der Waals surface area contributed by atoms with Crippen molar-refractivity contribution in [3.8, 4) is 11.4 Å². The minimum Gasteiger partial charge on any atom is -0.507 e. The SMILES string of the molecule is C/C(=N\NC(=O)c1cc2ccccc2cc1O)c1c(C)[nH]n(-c2ccccc2)c1=O. The fraction of sp³-hybridized carbons (Fsp3) is 0.0870. The van der Waals surface area contributed by atoms with E-state index in [0.717, 1.165) is 10.8 Å². The van der Waals surface area contributed by atoms with Crippen LogP contribution in [0.25, 0.3) is 16.5 Å². The molecule has 0 radical (unpaired) electrons. The zero-order valence-electron chi connectivity index (χ0n) is 16.5. The molecule has 0 unspecified atom stereocenters. The maximum atomic E-state index is 12.8. The Hall–Kier alpha value is -4.13. The Labute approximate surface area is 172 Å². The lowest BCUT2D eigenvalue weighted by molar-refractivity contribution is 0.0952. The van der Waals surface area contributed by atoms with Crippen molar-refractivity contribution in [2.24, 2.45) is 5.10 Å². The molecular weight excluding hydrogens is 380 g/mol. The van der Waals surface area contributed by atoms with Crippen LogP contribution in [0.5, 0.6) is 5.75 Å². The standard InChI is InChI=1S/C23H20N4O3/c1-14(21-15(2)26-27(23(21)30)18-10-4-3-5-11-18)24-25-22(29)19-12-16-8-6-7-9-17(16)13-20(19)28/h3-13,26,28H,1-2H3,(H,25,29)/b24-14+. The summed E-state index contributed by atoms with van der Waals surface area (Å²) in [6, 6.07) is 19.8. The molecule has 0 atom stereocenters. The molecule has 0 aliphatic carbocycles. The van der Waals surface area contributed by atoms with Gasteiger partial charge in [0.2, 0.25) is 0 Å². The van der Waals surface area contributed by atoms with Gasteiger partial charge < -0.3 is 5.11 Å². The number of hydrogen-bond donors (Lipinski definition) is 3. The molecular formula is C23H20N4O3. The molecule has 7 heteroatoms. The summed E-state index contributed by atoms with van der Waals surface area (Å²) in [5.74, 6) is -0.697. The number of phenolic OH excluding ortho intramolecular Hbond substituents is 1. The monoisotopic (exact) mass is 400 g/mol. The Bertz CT molecular complexity index is 1330. The second-order valence-corrected chi connectivity index (χ2v) is 6.94. The second-order valence-electron chi connectivity index (χ2n) is 6.94. The van der Waals surface area contributed by atoms with E-state index in [1.54, 1.807) is 19.9 Å². The molecule has 0 aliphatic heterocycles. The van der Waals surface area contributed by atoms with Gasteiger partial charge in [-0.1, -0.05) is 42.5 Å². The van der Waals surface area contributed by atoms with Gasteiger partial charge in [-0.25, -0.2) is 10.1 Å². The van der Waals surface area contributed by atoms with Gasteiger partial charge in [0.1, 0.15) is 5.75 Å². The number of carbonyl (C=O) groups is 1. The highest BCUT2D eigenvalue weighted by Gasteiger charge is 2.16. The van der Waals surface area contributed by atoms with E-state index in [0.29, 0.717) is 22.7 Å². The van der Waals surface area contributed by atoms with Crippen molar-refractivity contribution in [2.45, 2.75) is 13.8 Å². The maximum Gasteiger partial charge on any atom is 0.280 e. The Morgan fingerprint density at radius 3 is 2.37 bits per heavy atom. The second kappa shape index (κ2) is 7.71. The zero-order chi connectivity index (χ0) is 21.3. The van der Waals surface area contributed by atoms with E-state index >= 15 is 0 Å². The minimum absolute atomic E-state index is 0.109. The number of fused-ring (bicyclic) bond motifs is 1. The first-order valence-corrected chi connectivity index (χ1v) is 9.39. The average Bonchev–Trinajstić information content (AvgIpc) is 3.06. The molecule has 30 heavy (non-hydrogen) atoms. The van der Waals surface area contributed by atoms with Crippen LogP contribution in [0.1, 0.15) is 28.5 Å².